The third kappa shape index (κ3) is 3.28. The summed E-state index contributed by atoms with van der Waals surface area (Å²) < 4.78 is 7.20. The number of aliphatic hydroxyl groups excluding tert-OH is 3. The van der Waals surface area contributed by atoms with Crippen LogP contribution < -0.4 is 4.90 Å². The lowest BCUT2D eigenvalue weighted by Crippen LogP contribution is -2.33. The number of fused-ring (bicyclic) bond motifs is 2. The van der Waals surface area contributed by atoms with Crippen LogP contribution in [0.4, 0.5) is 11.5 Å². The molecular formula is C24H22ClN5O4. The zero-order chi connectivity index (χ0) is 23.4. The predicted molar refractivity (Wildman–Crippen MR) is 125 cm³/mol. The lowest BCUT2D eigenvalue weighted by Gasteiger charge is -2.20. The molecule has 9 nitrogen and oxygen atoms in total. The number of rotatable bonds is 4. The van der Waals surface area contributed by atoms with Gasteiger partial charge in [-0.25, -0.2) is 4.98 Å². The summed E-state index contributed by atoms with van der Waals surface area (Å²) >= 11 is 6.36. The molecule has 0 aliphatic carbocycles. The van der Waals surface area contributed by atoms with Crippen LogP contribution in [0.15, 0.2) is 60.9 Å². The topological polar surface area (TPSA) is 117 Å². The molecule has 4 heterocycles. The summed E-state index contributed by atoms with van der Waals surface area (Å²) in [5, 5.41) is 30.2. The second-order valence-corrected chi connectivity index (χ2v) is 8.84. The summed E-state index contributed by atoms with van der Waals surface area (Å²) in [4.78, 5) is 15.5. The minimum Gasteiger partial charge on any atom is -0.394 e. The van der Waals surface area contributed by atoms with E-state index in [2.05, 4.69) is 38.1 Å². The largest absolute Gasteiger partial charge is 0.394 e. The zero-order valence-electron chi connectivity index (χ0n) is 17.9. The molecular weight excluding hydrogens is 458 g/mol. The van der Waals surface area contributed by atoms with Gasteiger partial charge < -0.3 is 25.0 Å². The van der Waals surface area contributed by atoms with E-state index in [9.17, 15) is 15.3 Å². The van der Waals surface area contributed by atoms with Gasteiger partial charge >= 0.3 is 0 Å². The Bertz CT molecular complexity index is 1350. The molecule has 0 radical (unpaired) electrons. The standard InChI is InChI=1S/C24H22ClN5O4/c25-24-27-21(18-22(28-24)30(12-26-18)23-20(33)19(32)17(11-31)34-23)29-10-15(13-6-2-1-3-7-13)14-8-4-5-9-16(14)29/h1-9,12,15,17,19-20,23,31-33H,10-11H2/t15?,17-,19+,20?,23-/m1/s1. The lowest BCUT2D eigenvalue weighted by molar-refractivity contribution is -0.0511. The van der Waals surface area contributed by atoms with Crippen molar-refractivity contribution in [2.24, 2.45) is 0 Å². The van der Waals surface area contributed by atoms with Gasteiger partial charge in [0.25, 0.3) is 0 Å². The molecule has 6 rings (SSSR count). The Morgan fingerprint density at radius 2 is 1.76 bits per heavy atom. The molecule has 2 aromatic carbocycles. The number of halogens is 1. The van der Waals surface area contributed by atoms with Crippen LogP contribution in [-0.4, -0.2) is 66.3 Å². The number of hydrogen-bond acceptors (Lipinski definition) is 8. The van der Waals surface area contributed by atoms with Gasteiger partial charge in [-0.1, -0.05) is 48.5 Å². The second-order valence-electron chi connectivity index (χ2n) is 8.50. The summed E-state index contributed by atoms with van der Waals surface area (Å²) in [7, 11) is 0. The van der Waals surface area contributed by atoms with Crippen molar-refractivity contribution in [2.45, 2.75) is 30.5 Å². The fourth-order valence-electron chi connectivity index (χ4n) is 4.94. The molecule has 2 aromatic heterocycles. The SMILES string of the molecule is OC[C@H]1O[C@@H](n2cnc3c(N4CC(c5ccccc5)c5ccccc54)nc(Cl)nc32)C(O)[C@H]1O. The van der Waals surface area contributed by atoms with Gasteiger partial charge in [-0.2, -0.15) is 9.97 Å². The maximum absolute atomic E-state index is 10.5. The van der Waals surface area contributed by atoms with Gasteiger partial charge in [-0.15, -0.1) is 0 Å². The fraction of sp³-hybridized carbons (Fsp3) is 0.292. The number of imidazole rings is 1. The Labute approximate surface area is 199 Å². The highest BCUT2D eigenvalue weighted by Crippen LogP contribution is 2.45. The number of hydrogen-bond donors (Lipinski definition) is 3. The first-order chi connectivity index (χ1) is 16.6. The van der Waals surface area contributed by atoms with E-state index < -0.39 is 31.1 Å². The summed E-state index contributed by atoms with van der Waals surface area (Å²) in [5.74, 6) is 0.690. The summed E-state index contributed by atoms with van der Waals surface area (Å²) in [5.41, 5.74) is 4.25. The molecule has 0 amide bonds. The van der Waals surface area contributed by atoms with Crippen molar-refractivity contribution < 1.29 is 20.1 Å². The molecule has 0 bridgehead atoms. The molecule has 2 aliphatic rings. The van der Waals surface area contributed by atoms with Crippen LogP contribution in [0.5, 0.6) is 0 Å². The van der Waals surface area contributed by atoms with Crippen LogP contribution in [0.1, 0.15) is 23.3 Å². The zero-order valence-corrected chi connectivity index (χ0v) is 18.7. The Morgan fingerprint density at radius 3 is 2.53 bits per heavy atom. The number of aliphatic hydroxyl groups is 3. The van der Waals surface area contributed by atoms with E-state index in [1.165, 1.54) is 22.0 Å². The monoisotopic (exact) mass is 479 g/mol. The minimum atomic E-state index is -1.26. The molecule has 2 unspecified atom stereocenters. The van der Waals surface area contributed by atoms with Gasteiger partial charge in [0.1, 0.15) is 18.3 Å². The van der Waals surface area contributed by atoms with Crippen LogP contribution in [0.3, 0.4) is 0 Å². The van der Waals surface area contributed by atoms with Crippen molar-refractivity contribution >= 4 is 34.3 Å². The van der Waals surface area contributed by atoms with E-state index >= 15 is 0 Å². The predicted octanol–water partition coefficient (Wildman–Crippen LogP) is 2.37. The summed E-state index contributed by atoms with van der Waals surface area (Å²) in [6.07, 6.45) is -2.90. The molecule has 2 aliphatic heterocycles. The van der Waals surface area contributed by atoms with Crippen molar-refractivity contribution in [1.82, 2.24) is 19.5 Å². The van der Waals surface area contributed by atoms with Crippen LogP contribution in [0.25, 0.3) is 11.2 Å². The van der Waals surface area contributed by atoms with E-state index in [4.69, 9.17) is 16.3 Å². The number of benzene rings is 2. The van der Waals surface area contributed by atoms with Crippen LogP contribution in [-0.2, 0) is 4.74 Å². The third-order valence-electron chi connectivity index (χ3n) is 6.59. The van der Waals surface area contributed by atoms with E-state index in [0.29, 0.717) is 23.5 Å². The molecule has 0 saturated carbocycles. The molecule has 1 fully saturated rings. The molecule has 34 heavy (non-hydrogen) atoms. The van der Waals surface area contributed by atoms with Gasteiger partial charge in [0.15, 0.2) is 23.2 Å². The number of para-hydroxylation sites is 1. The van der Waals surface area contributed by atoms with Gasteiger partial charge in [-0.3, -0.25) is 4.57 Å². The first kappa shape index (κ1) is 21.5. The molecule has 10 heteroatoms. The van der Waals surface area contributed by atoms with Gasteiger partial charge in [0.05, 0.1) is 12.9 Å². The average molecular weight is 480 g/mol. The molecule has 5 atom stereocenters. The van der Waals surface area contributed by atoms with Crippen LogP contribution in [0.2, 0.25) is 5.28 Å². The van der Waals surface area contributed by atoms with Crippen molar-refractivity contribution in [3.8, 4) is 0 Å². The first-order valence-electron chi connectivity index (χ1n) is 11.0. The fourth-order valence-corrected chi connectivity index (χ4v) is 5.10. The molecule has 3 N–H and O–H groups in total. The van der Waals surface area contributed by atoms with E-state index in [1.54, 1.807) is 0 Å². The maximum Gasteiger partial charge on any atom is 0.226 e. The highest BCUT2D eigenvalue weighted by atomic mass is 35.5. The number of anilines is 2. The maximum atomic E-state index is 10.5. The number of aromatic nitrogens is 4. The second kappa shape index (κ2) is 8.30. The van der Waals surface area contributed by atoms with Crippen molar-refractivity contribution in [3.05, 3.63) is 77.3 Å². The van der Waals surface area contributed by atoms with Crippen molar-refractivity contribution in [1.29, 1.82) is 0 Å². The first-order valence-corrected chi connectivity index (χ1v) is 11.4. The Hall–Kier alpha value is -3.08. The quantitative estimate of drug-likeness (QED) is 0.382. The third-order valence-corrected chi connectivity index (χ3v) is 6.76. The molecule has 4 aromatic rings. The Morgan fingerprint density at radius 1 is 1.00 bits per heavy atom. The smallest absolute Gasteiger partial charge is 0.226 e. The minimum absolute atomic E-state index is 0.0247. The Kier molecular flexibility index (Phi) is 5.23. The molecule has 0 spiro atoms. The van der Waals surface area contributed by atoms with E-state index in [0.717, 1.165) is 5.69 Å². The van der Waals surface area contributed by atoms with Crippen LogP contribution in [0, 0.1) is 0 Å². The highest BCUT2D eigenvalue weighted by Gasteiger charge is 2.44. The highest BCUT2D eigenvalue weighted by molar-refractivity contribution is 6.28. The van der Waals surface area contributed by atoms with E-state index in [-0.39, 0.29) is 11.2 Å². The molecule has 1 saturated heterocycles. The summed E-state index contributed by atoms with van der Waals surface area (Å²) in [6, 6.07) is 18.5. The average Bonchev–Trinajstić information content (AvgIpc) is 3.53. The van der Waals surface area contributed by atoms with Gasteiger partial charge in [-0.05, 0) is 28.8 Å². The number of nitrogens with zero attached hydrogens (tertiary/aromatic N) is 5. The van der Waals surface area contributed by atoms with Crippen molar-refractivity contribution in [2.75, 3.05) is 18.1 Å². The Balaban J connectivity index is 1.45. The van der Waals surface area contributed by atoms with E-state index in [1.807, 2.05) is 36.4 Å². The van der Waals surface area contributed by atoms with Gasteiger partial charge in [0, 0.05) is 18.2 Å². The molecule has 174 valence electrons. The van der Waals surface area contributed by atoms with Gasteiger partial charge in [0.2, 0.25) is 5.28 Å². The van der Waals surface area contributed by atoms with Crippen LogP contribution >= 0.6 is 11.6 Å². The number of ether oxygens (including phenoxy) is 1. The lowest BCUT2D eigenvalue weighted by atomic mass is 9.93. The normalized spacial score (nSPS) is 26.4. The van der Waals surface area contributed by atoms with Crippen molar-refractivity contribution in [3.63, 3.8) is 0 Å². The summed E-state index contributed by atoms with van der Waals surface area (Å²) in [6.45, 7) is 0.223.